The van der Waals surface area contributed by atoms with E-state index in [0.717, 1.165) is 22.0 Å². The van der Waals surface area contributed by atoms with Gasteiger partial charge in [-0.2, -0.15) is 0 Å². The Morgan fingerprint density at radius 2 is 2.00 bits per heavy atom. The number of imidazole rings is 1. The smallest absolute Gasteiger partial charge is 0.248 e. The van der Waals surface area contributed by atoms with Gasteiger partial charge in [0.15, 0.2) is 5.78 Å². The fraction of sp³-hybridized carbons (Fsp3) is 0.125. The van der Waals surface area contributed by atoms with Crippen LogP contribution in [0, 0.1) is 0 Å². The molecule has 1 heterocycles. The molecule has 0 aliphatic rings. The summed E-state index contributed by atoms with van der Waals surface area (Å²) in [4.78, 5) is 11.7. The minimum Gasteiger partial charge on any atom is -0.295 e. The van der Waals surface area contributed by atoms with Crippen molar-refractivity contribution in [1.82, 2.24) is 4.57 Å². The number of hydrogen-bond donors (Lipinski definition) is 0. The molecule has 19 heavy (non-hydrogen) atoms. The molecule has 0 saturated carbocycles. The van der Waals surface area contributed by atoms with Crippen LogP contribution < -0.4 is 4.57 Å². The first-order chi connectivity index (χ1) is 9.15. The fourth-order valence-electron chi connectivity index (χ4n) is 2.30. The van der Waals surface area contributed by atoms with E-state index in [1.165, 1.54) is 0 Å². The van der Waals surface area contributed by atoms with Crippen LogP contribution >= 0.6 is 0 Å². The zero-order valence-electron chi connectivity index (χ0n) is 11.0. The zero-order chi connectivity index (χ0) is 13.4. The van der Waals surface area contributed by atoms with Gasteiger partial charge in [0.2, 0.25) is 6.33 Å². The number of nitrogens with zero attached hydrogens (tertiary/aromatic N) is 2. The minimum atomic E-state index is 0.0866. The van der Waals surface area contributed by atoms with Crippen molar-refractivity contribution < 1.29 is 9.36 Å². The molecule has 0 atom stereocenters. The summed E-state index contributed by atoms with van der Waals surface area (Å²) >= 11 is 0. The quantitative estimate of drug-likeness (QED) is 0.508. The topological polar surface area (TPSA) is 25.9 Å². The van der Waals surface area contributed by atoms with Gasteiger partial charge >= 0.3 is 0 Å². The van der Waals surface area contributed by atoms with Crippen LogP contribution in [0.15, 0.2) is 55.1 Å². The molecule has 3 nitrogen and oxygen atoms in total. The Balaban J connectivity index is 2.35. The molecule has 0 unspecified atom stereocenters. The summed E-state index contributed by atoms with van der Waals surface area (Å²) in [5.41, 5.74) is 1.77. The highest BCUT2D eigenvalue weighted by Gasteiger charge is 2.12. The Bertz CT molecular complexity index is 771. The van der Waals surface area contributed by atoms with Crippen molar-refractivity contribution in [3.63, 3.8) is 0 Å². The molecule has 3 aromatic rings. The average Bonchev–Trinajstić information content (AvgIpc) is 2.84. The molecule has 0 fully saturated rings. The van der Waals surface area contributed by atoms with Crippen LogP contribution in [0.25, 0.3) is 16.5 Å². The normalized spacial score (nSPS) is 10.8. The first-order valence-electron chi connectivity index (χ1n) is 6.22. The monoisotopic (exact) mass is 251 g/mol. The third kappa shape index (κ3) is 2.03. The summed E-state index contributed by atoms with van der Waals surface area (Å²) in [6, 6.07) is 12.0. The Morgan fingerprint density at radius 3 is 2.68 bits per heavy atom. The van der Waals surface area contributed by atoms with E-state index < -0.39 is 0 Å². The van der Waals surface area contributed by atoms with Gasteiger partial charge in [0.1, 0.15) is 18.1 Å². The number of carbonyl (C=O) groups excluding carboxylic acids is 1. The Kier molecular flexibility index (Phi) is 2.67. The molecule has 0 aliphatic heterocycles. The lowest BCUT2D eigenvalue weighted by Crippen LogP contribution is -2.28. The highest BCUT2D eigenvalue weighted by molar-refractivity contribution is 6.00. The van der Waals surface area contributed by atoms with Gasteiger partial charge in [-0.05, 0) is 24.4 Å². The molecule has 2 aromatic carbocycles. The van der Waals surface area contributed by atoms with Crippen LogP contribution in [-0.2, 0) is 7.05 Å². The Labute approximate surface area is 111 Å². The Hall–Kier alpha value is -2.42. The lowest BCUT2D eigenvalue weighted by atomic mass is 10.0. The number of aryl methyl sites for hydroxylation is 1. The van der Waals surface area contributed by atoms with Crippen LogP contribution in [0.5, 0.6) is 0 Å². The number of fused-ring (bicyclic) bond motifs is 1. The van der Waals surface area contributed by atoms with Crippen molar-refractivity contribution in [1.29, 1.82) is 0 Å². The van der Waals surface area contributed by atoms with Crippen LogP contribution in [0.3, 0.4) is 0 Å². The van der Waals surface area contributed by atoms with Crippen LogP contribution in [-0.4, -0.2) is 10.4 Å². The van der Waals surface area contributed by atoms with Gasteiger partial charge in [-0.15, -0.1) is 0 Å². The summed E-state index contributed by atoms with van der Waals surface area (Å²) < 4.78 is 4.02. The number of aromatic nitrogens is 2. The van der Waals surface area contributed by atoms with Crippen molar-refractivity contribution >= 4 is 16.6 Å². The zero-order valence-corrected chi connectivity index (χ0v) is 11.0. The van der Waals surface area contributed by atoms with Gasteiger partial charge in [0.25, 0.3) is 0 Å². The van der Waals surface area contributed by atoms with Gasteiger partial charge in [0, 0.05) is 10.9 Å². The molecule has 3 rings (SSSR count). The number of Topliss-reactive ketones (excluding diaryl/α,β-unsaturated/α-hetero) is 1. The number of ketones is 1. The van der Waals surface area contributed by atoms with Gasteiger partial charge < -0.3 is 0 Å². The van der Waals surface area contributed by atoms with Crippen LogP contribution in [0.2, 0.25) is 0 Å². The predicted molar refractivity (Wildman–Crippen MR) is 74.5 cm³/mol. The van der Waals surface area contributed by atoms with Gasteiger partial charge in [-0.25, -0.2) is 9.13 Å². The maximum absolute atomic E-state index is 11.7. The third-order valence-corrected chi connectivity index (χ3v) is 3.29. The molecule has 0 amide bonds. The second-order valence-electron chi connectivity index (χ2n) is 4.76. The largest absolute Gasteiger partial charge is 0.295 e. The molecular formula is C16H15N2O+. The maximum Gasteiger partial charge on any atom is 0.248 e. The second kappa shape index (κ2) is 4.35. The molecule has 94 valence electrons. The SMILES string of the molecule is CC(=O)c1cc(-[n+]2ccn(C)c2)c2ccccc2c1. The van der Waals surface area contributed by atoms with Crippen molar-refractivity contribution in [2.24, 2.45) is 7.05 Å². The number of hydrogen-bond acceptors (Lipinski definition) is 1. The van der Waals surface area contributed by atoms with Crippen LogP contribution in [0.1, 0.15) is 17.3 Å². The number of benzene rings is 2. The molecule has 0 saturated heterocycles. The highest BCUT2D eigenvalue weighted by Crippen LogP contribution is 2.21. The van der Waals surface area contributed by atoms with Crippen molar-refractivity contribution in [2.45, 2.75) is 6.92 Å². The molecule has 0 bridgehead atoms. The van der Waals surface area contributed by atoms with E-state index in [2.05, 4.69) is 6.07 Å². The fourth-order valence-corrected chi connectivity index (χ4v) is 2.30. The molecule has 0 radical (unpaired) electrons. The van der Waals surface area contributed by atoms with Crippen LogP contribution in [0.4, 0.5) is 0 Å². The van der Waals surface area contributed by atoms with E-state index in [-0.39, 0.29) is 5.78 Å². The number of carbonyl (C=O) groups is 1. The molecule has 0 spiro atoms. The second-order valence-corrected chi connectivity index (χ2v) is 4.76. The third-order valence-electron chi connectivity index (χ3n) is 3.29. The minimum absolute atomic E-state index is 0.0866. The predicted octanol–water partition coefficient (Wildman–Crippen LogP) is 2.66. The first-order valence-corrected chi connectivity index (χ1v) is 6.22. The molecule has 3 heteroatoms. The van der Waals surface area contributed by atoms with Gasteiger partial charge in [-0.1, -0.05) is 24.3 Å². The van der Waals surface area contributed by atoms with Gasteiger partial charge in [0.05, 0.1) is 7.05 Å². The summed E-state index contributed by atoms with van der Waals surface area (Å²) in [5, 5.41) is 2.23. The lowest BCUT2D eigenvalue weighted by Gasteiger charge is -2.05. The van der Waals surface area contributed by atoms with E-state index in [4.69, 9.17) is 0 Å². The van der Waals surface area contributed by atoms with E-state index in [0.29, 0.717) is 0 Å². The van der Waals surface area contributed by atoms with Crippen molar-refractivity contribution in [3.8, 4) is 5.69 Å². The molecule has 1 aromatic heterocycles. The molecule has 0 N–H and O–H groups in total. The van der Waals surface area contributed by atoms with E-state index >= 15 is 0 Å². The lowest BCUT2D eigenvalue weighted by molar-refractivity contribution is -0.593. The van der Waals surface area contributed by atoms with Crippen molar-refractivity contribution in [3.05, 3.63) is 60.7 Å². The highest BCUT2D eigenvalue weighted by atomic mass is 16.1. The number of rotatable bonds is 2. The van der Waals surface area contributed by atoms with Crippen molar-refractivity contribution in [2.75, 3.05) is 0 Å². The Morgan fingerprint density at radius 1 is 1.21 bits per heavy atom. The summed E-state index contributed by atoms with van der Waals surface area (Å²) in [7, 11) is 1.98. The first kappa shape index (κ1) is 11.7. The molecule has 0 aliphatic carbocycles. The summed E-state index contributed by atoms with van der Waals surface area (Å²) in [6.45, 7) is 1.60. The van der Waals surface area contributed by atoms with Gasteiger partial charge in [-0.3, -0.25) is 4.79 Å². The average molecular weight is 251 g/mol. The molecular weight excluding hydrogens is 236 g/mol. The summed E-state index contributed by atoms with van der Waals surface area (Å²) in [5.74, 6) is 0.0866. The van der Waals surface area contributed by atoms with E-state index in [1.807, 2.05) is 65.2 Å². The maximum atomic E-state index is 11.7. The van der Waals surface area contributed by atoms with E-state index in [9.17, 15) is 4.79 Å². The standard InChI is InChI=1S/C16H15N2O/c1-12(19)14-9-13-5-3-4-6-15(13)16(10-14)18-8-7-17(2)11-18/h3-11H,1-2H3/q+1. The summed E-state index contributed by atoms with van der Waals surface area (Å²) in [6.07, 6.45) is 5.96. The van der Waals surface area contributed by atoms with E-state index in [1.54, 1.807) is 6.92 Å².